The number of nitrogens with zero attached hydrogens (tertiary/aromatic N) is 1. The van der Waals surface area contributed by atoms with Crippen molar-refractivity contribution in [3.63, 3.8) is 0 Å². The fourth-order valence-electron chi connectivity index (χ4n) is 3.04. The molecule has 2 aromatic rings. The third kappa shape index (κ3) is 3.41. The quantitative estimate of drug-likeness (QED) is 0.811. The van der Waals surface area contributed by atoms with Crippen LogP contribution in [-0.2, 0) is 0 Å². The van der Waals surface area contributed by atoms with E-state index in [1.54, 1.807) is 0 Å². The number of aromatic nitrogens is 1. The van der Waals surface area contributed by atoms with Crippen LogP contribution in [-0.4, -0.2) is 10.5 Å². The molecule has 3 N–H and O–H groups in total. The van der Waals surface area contributed by atoms with Gasteiger partial charge in [-0.05, 0) is 43.2 Å². The minimum absolute atomic E-state index is 0.0399. The molecule has 0 bridgehead atoms. The molecule has 1 aromatic heterocycles. The number of nitrogen functional groups attached to an aromatic ring is 1. The summed E-state index contributed by atoms with van der Waals surface area (Å²) < 4.78 is 0. The number of rotatable bonds is 3. The maximum atomic E-state index is 6.12. The molecule has 1 aromatic carbocycles. The summed E-state index contributed by atoms with van der Waals surface area (Å²) in [5.74, 6) is 0.870. The highest BCUT2D eigenvalue weighted by molar-refractivity contribution is 6.00. The second kappa shape index (κ2) is 4.97. The molecular weight excluding hydrogens is 246 g/mol. The Morgan fingerprint density at radius 3 is 2.45 bits per heavy atom. The number of hydrogen-bond acceptors (Lipinski definition) is 3. The normalized spacial score (nSPS) is 12.7. The van der Waals surface area contributed by atoms with Gasteiger partial charge < -0.3 is 11.1 Å². The number of nitrogens with two attached hydrogens (primary N) is 1. The highest BCUT2D eigenvalue weighted by Gasteiger charge is 2.26. The zero-order chi connectivity index (χ0) is 15.0. The Morgan fingerprint density at radius 2 is 1.80 bits per heavy atom. The molecule has 0 saturated heterocycles. The molecule has 0 saturated carbocycles. The van der Waals surface area contributed by atoms with E-state index in [1.165, 1.54) is 0 Å². The largest absolute Gasteiger partial charge is 0.398 e. The van der Waals surface area contributed by atoms with Gasteiger partial charge in [0.15, 0.2) is 0 Å². The van der Waals surface area contributed by atoms with E-state index in [0.29, 0.717) is 0 Å². The highest BCUT2D eigenvalue weighted by Crippen LogP contribution is 2.33. The second-order valence-corrected chi connectivity index (χ2v) is 7.35. The van der Waals surface area contributed by atoms with Gasteiger partial charge in [0.05, 0.1) is 0 Å². The molecule has 0 amide bonds. The predicted molar refractivity (Wildman–Crippen MR) is 87.9 cm³/mol. The Balaban J connectivity index is 2.39. The summed E-state index contributed by atoms with van der Waals surface area (Å²) in [6.07, 6.45) is 2.88. The van der Waals surface area contributed by atoms with Crippen LogP contribution in [0.25, 0.3) is 10.8 Å². The number of nitrogens with one attached hydrogen (secondary N) is 1. The molecule has 108 valence electrons. The van der Waals surface area contributed by atoms with Crippen molar-refractivity contribution in [2.24, 2.45) is 5.41 Å². The molecule has 0 radical (unpaired) electrons. The van der Waals surface area contributed by atoms with E-state index in [1.807, 2.05) is 24.4 Å². The number of benzene rings is 1. The Morgan fingerprint density at radius 1 is 1.10 bits per heavy atom. The van der Waals surface area contributed by atoms with Gasteiger partial charge in [-0.25, -0.2) is 4.98 Å². The zero-order valence-corrected chi connectivity index (χ0v) is 13.1. The summed E-state index contributed by atoms with van der Waals surface area (Å²) in [6, 6.07) is 7.95. The van der Waals surface area contributed by atoms with Crippen molar-refractivity contribution in [2.75, 3.05) is 11.1 Å². The van der Waals surface area contributed by atoms with E-state index < -0.39 is 0 Å². The summed E-state index contributed by atoms with van der Waals surface area (Å²) in [5, 5.41) is 5.70. The lowest BCUT2D eigenvalue weighted by atomic mass is 9.82. The molecule has 0 atom stereocenters. The maximum Gasteiger partial charge on any atom is 0.136 e. The molecule has 0 aliphatic heterocycles. The fraction of sp³-hybridized carbons (Fsp3) is 0.471. The standard InChI is InChI=1S/C17H25N3/c1-16(2,3)11-17(4,5)20-15-14-12(9-10-19-15)7-6-8-13(14)18/h6-10H,11,18H2,1-5H3,(H,19,20). The van der Waals surface area contributed by atoms with Gasteiger partial charge in [-0.15, -0.1) is 0 Å². The van der Waals surface area contributed by atoms with Gasteiger partial charge in [0.2, 0.25) is 0 Å². The van der Waals surface area contributed by atoms with Gasteiger partial charge in [0.1, 0.15) is 5.82 Å². The highest BCUT2D eigenvalue weighted by atomic mass is 15.0. The summed E-state index contributed by atoms with van der Waals surface area (Å²) in [5.41, 5.74) is 7.11. The van der Waals surface area contributed by atoms with Crippen molar-refractivity contribution in [1.82, 2.24) is 4.98 Å². The molecule has 0 aliphatic carbocycles. The number of pyridine rings is 1. The average Bonchev–Trinajstić information content (AvgIpc) is 2.25. The topological polar surface area (TPSA) is 50.9 Å². The Bertz CT molecular complexity index is 604. The third-order valence-electron chi connectivity index (χ3n) is 3.25. The predicted octanol–water partition coefficient (Wildman–Crippen LogP) is 4.44. The van der Waals surface area contributed by atoms with Crippen LogP contribution in [0, 0.1) is 5.41 Å². The molecule has 20 heavy (non-hydrogen) atoms. The van der Waals surface area contributed by atoms with Gasteiger partial charge in [-0.3, -0.25) is 0 Å². The first-order chi connectivity index (χ1) is 9.18. The van der Waals surface area contributed by atoms with E-state index in [0.717, 1.165) is 28.7 Å². The van der Waals surface area contributed by atoms with Gasteiger partial charge in [-0.2, -0.15) is 0 Å². The van der Waals surface area contributed by atoms with Crippen LogP contribution < -0.4 is 11.1 Å². The monoisotopic (exact) mass is 271 g/mol. The van der Waals surface area contributed by atoms with Crippen molar-refractivity contribution in [3.8, 4) is 0 Å². The maximum absolute atomic E-state index is 6.12. The van der Waals surface area contributed by atoms with Crippen LogP contribution in [0.5, 0.6) is 0 Å². The molecule has 3 nitrogen and oxygen atoms in total. The van der Waals surface area contributed by atoms with Crippen molar-refractivity contribution in [3.05, 3.63) is 30.5 Å². The Kier molecular flexibility index (Phi) is 3.63. The van der Waals surface area contributed by atoms with Crippen LogP contribution in [0.1, 0.15) is 41.0 Å². The van der Waals surface area contributed by atoms with Crippen LogP contribution in [0.3, 0.4) is 0 Å². The van der Waals surface area contributed by atoms with E-state index in [4.69, 9.17) is 5.73 Å². The lowest BCUT2D eigenvalue weighted by Crippen LogP contribution is -2.35. The van der Waals surface area contributed by atoms with Crippen LogP contribution in [0.15, 0.2) is 30.5 Å². The smallest absolute Gasteiger partial charge is 0.136 e. The minimum Gasteiger partial charge on any atom is -0.398 e. The van der Waals surface area contributed by atoms with E-state index in [2.05, 4.69) is 51.0 Å². The molecule has 1 heterocycles. The van der Waals surface area contributed by atoms with Crippen molar-refractivity contribution in [1.29, 1.82) is 0 Å². The number of fused-ring (bicyclic) bond motifs is 1. The lowest BCUT2D eigenvalue weighted by molar-refractivity contribution is 0.302. The van der Waals surface area contributed by atoms with E-state index in [-0.39, 0.29) is 11.0 Å². The van der Waals surface area contributed by atoms with Crippen LogP contribution in [0.4, 0.5) is 11.5 Å². The summed E-state index contributed by atoms with van der Waals surface area (Å²) in [6.45, 7) is 11.2. The van der Waals surface area contributed by atoms with Gasteiger partial charge >= 0.3 is 0 Å². The third-order valence-corrected chi connectivity index (χ3v) is 3.25. The van der Waals surface area contributed by atoms with Crippen molar-refractivity contribution < 1.29 is 0 Å². The first kappa shape index (κ1) is 14.6. The van der Waals surface area contributed by atoms with Crippen molar-refractivity contribution in [2.45, 2.75) is 46.6 Å². The lowest BCUT2D eigenvalue weighted by Gasteiger charge is -2.34. The number of anilines is 2. The zero-order valence-electron chi connectivity index (χ0n) is 13.1. The van der Waals surface area contributed by atoms with Crippen LogP contribution in [0.2, 0.25) is 0 Å². The Hall–Kier alpha value is -1.77. The molecular formula is C17H25N3. The first-order valence-electron chi connectivity index (χ1n) is 7.09. The first-order valence-corrected chi connectivity index (χ1v) is 7.09. The molecule has 0 unspecified atom stereocenters. The number of hydrogen-bond donors (Lipinski definition) is 2. The summed E-state index contributed by atoms with van der Waals surface area (Å²) >= 11 is 0. The van der Waals surface area contributed by atoms with E-state index >= 15 is 0 Å². The SMILES string of the molecule is CC(C)(C)CC(C)(C)Nc1nccc2cccc(N)c12. The summed E-state index contributed by atoms with van der Waals surface area (Å²) in [7, 11) is 0. The second-order valence-electron chi connectivity index (χ2n) is 7.35. The molecule has 3 heteroatoms. The molecule has 0 fully saturated rings. The Labute approximate surface area is 121 Å². The minimum atomic E-state index is -0.0399. The summed E-state index contributed by atoms with van der Waals surface area (Å²) in [4.78, 5) is 4.49. The molecule has 0 spiro atoms. The fourth-order valence-corrected chi connectivity index (χ4v) is 3.04. The van der Waals surface area contributed by atoms with Crippen molar-refractivity contribution >= 4 is 22.3 Å². The van der Waals surface area contributed by atoms with Gasteiger partial charge in [0, 0.05) is 22.8 Å². The van der Waals surface area contributed by atoms with Gasteiger partial charge in [0.25, 0.3) is 0 Å². The molecule has 0 aliphatic rings. The average molecular weight is 271 g/mol. The van der Waals surface area contributed by atoms with Gasteiger partial charge in [-0.1, -0.05) is 32.9 Å². The van der Waals surface area contributed by atoms with E-state index in [9.17, 15) is 0 Å². The van der Waals surface area contributed by atoms with Crippen LogP contribution >= 0.6 is 0 Å². The molecule has 2 rings (SSSR count).